The monoisotopic (exact) mass is 319 g/mol. The van der Waals surface area contributed by atoms with Gasteiger partial charge in [0.25, 0.3) is 5.91 Å². The molecule has 110 valence electrons. The third-order valence-corrected chi connectivity index (χ3v) is 2.78. The number of rotatable bonds is 5. The number of hydrogen-bond donors (Lipinski definition) is 1. The average Bonchev–Trinajstić information content (AvgIpc) is 2.34. The fourth-order valence-electron chi connectivity index (χ4n) is 1.45. The lowest BCUT2D eigenvalue weighted by molar-refractivity contribution is -0.124. The van der Waals surface area contributed by atoms with Gasteiger partial charge in [-0.1, -0.05) is 23.2 Å². The van der Waals surface area contributed by atoms with Crippen LogP contribution in [0.2, 0.25) is 10.0 Å². The lowest BCUT2D eigenvalue weighted by Crippen LogP contribution is -2.33. The number of methoxy groups -OCH3 is 1. The maximum atomic E-state index is 11.8. The van der Waals surface area contributed by atoms with Crippen LogP contribution in [0.15, 0.2) is 12.1 Å². The summed E-state index contributed by atoms with van der Waals surface area (Å²) in [6.07, 6.45) is 0. The van der Waals surface area contributed by atoms with E-state index in [0.29, 0.717) is 0 Å². The molecule has 0 radical (unpaired) electrons. The molecule has 0 aliphatic rings. The molecule has 0 saturated carbocycles. The third kappa shape index (κ3) is 4.58. The van der Waals surface area contributed by atoms with E-state index in [1.807, 2.05) is 13.8 Å². The second-order valence-corrected chi connectivity index (χ2v) is 5.09. The maximum absolute atomic E-state index is 11.8. The normalized spacial score (nSPS) is 10.3. The molecule has 7 heteroatoms. The summed E-state index contributed by atoms with van der Waals surface area (Å²) in [5, 5.41) is 2.99. The number of carbonyl (C=O) groups is 2. The summed E-state index contributed by atoms with van der Waals surface area (Å²) in [7, 11) is 1.42. The molecule has 1 rings (SSSR count). The van der Waals surface area contributed by atoms with Crippen LogP contribution >= 0.6 is 23.2 Å². The van der Waals surface area contributed by atoms with Gasteiger partial charge >= 0.3 is 5.97 Å². The molecule has 0 unspecified atom stereocenters. The van der Waals surface area contributed by atoms with Crippen LogP contribution in [0.5, 0.6) is 5.75 Å². The van der Waals surface area contributed by atoms with E-state index in [2.05, 4.69) is 5.32 Å². The highest BCUT2D eigenvalue weighted by Gasteiger charge is 2.15. The fraction of sp³-hybridized carbons (Fsp3) is 0.385. The number of nitrogens with one attached hydrogen (secondary N) is 1. The summed E-state index contributed by atoms with van der Waals surface area (Å²) in [4.78, 5) is 23.1. The van der Waals surface area contributed by atoms with Gasteiger partial charge in [-0.05, 0) is 26.0 Å². The Balaban J connectivity index is 2.71. The second-order valence-electron chi connectivity index (χ2n) is 4.27. The Morgan fingerprint density at radius 2 is 1.80 bits per heavy atom. The molecule has 0 aromatic heterocycles. The molecular weight excluding hydrogens is 305 g/mol. The predicted molar refractivity (Wildman–Crippen MR) is 76.6 cm³/mol. The highest BCUT2D eigenvalue weighted by molar-refractivity contribution is 6.37. The summed E-state index contributed by atoms with van der Waals surface area (Å²) >= 11 is 11.8. The molecule has 1 aromatic carbocycles. The third-order valence-electron chi connectivity index (χ3n) is 2.22. The van der Waals surface area contributed by atoms with E-state index in [1.54, 1.807) is 0 Å². The second kappa shape index (κ2) is 7.36. The molecular formula is C13H15Cl2NO4. The average molecular weight is 320 g/mol. The van der Waals surface area contributed by atoms with Crippen molar-refractivity contribution in [2.75, 3.05) is 13.7 Å². The molecule has 0 heterocycles. The van der Waals surface area contributed by atoms with Crippen molar-refractivity contribution in [2.24, 2.45) is 0 Å². The highest BCUT2D eigenvalue weighted by atomic mass is 35.5. The van der Waals surface area contributed by atoms with Gasteiger partial charge in [-0.3, -0.25) is 4.79 Å². The number of carbonyl (C=O) groups excluding carboxylic acids is 2. The molecule has 1 N–H and O–H groups in total. The van der Waals surface area contributed by atoms with Gasteiger partial charge in [0, 0.05) is 6.04 Å². The van der Waals surface area contributed by atoms with Crippen LogP contribution in [0.25, 0.3) is 0 Å². The molecule has 0 bridgehead atoms. The van der Waals surface area contributed by atoms with Crippen molar-refractivity contribution in [3.63, 3.8) is 0 Å². The number of esters is 1. The Hall–Kier alpha value is -1.46. The zero-order chi connectivity index (χ0) is 15.3. The van der Waals surface area contributed by atoms with Crippen molar-refractivity contribution < 1.29 is 19.1 Å². The van der Waals surface area contributed by atoms with Gasteiger partial charge in [-0.25, -0.2) is 4.79 Å². The van der Waals surface area contributed by atoms with Crippen molar-refractivity contribution in [2.45, 2.75) is 19.9 Å². The van der Waals surface area contributed by atoms with Crippen molar-refractivity contribution >= 4 is 35.1 Å². The quantitative estimate of drug-likeness (QED) is 0.847. The van der Waals surface area contributed by atoms with Gasteiger partial charge in [0.2, 0.25) is 0 Å². The van der Waals surface area contributed by atoms with Crippen molar-refractivity contribution in [3.05, 3.63) is 27.7 Å². The van der Waals surface area contributed by atoms with Gasteiger partial charge in [-0.2, -0.15) is 0 Å². The van der Waals surface area contributed by atoms with E-state index in [4.69, 9.17) is 32.7 Å². The first kappa shape index (κ1) is 16.6. The van der Waals surface area contributed by atoms with Crippen LogP contribution in [0.1, 0.15) is 24.2 Å². The first-order chi connectivity index (χ1) is 9.35. The lowest BCUT2D eigenvalue weighted by atomic mass is 10.2. The van der Waals surface area contributed by atoms with Crippen LogP contribution in [0.3, 0.4) is 0 Å². The first-order valence-corrected chi connectivity index (χ1v) is 6.60. The topological polar surface area (TPSA) is 64.6 Å². The van der Waals surface area contributed by atoms with Crippen molar-refractivity contribution in [1.82, 2.24) is 5.32 Å². The molecule has 0 aliphatic carbocycles. The smallest absolute Gasteiger partial charge is 0.338 e. The Labute approximate surface area is 127 Å². The number of ether oxygens (including phenoxy) is 2. The molecule has 0 saturated heterocycles. The Kier molecular flexibility index (Phi) is 6.10. The van der Waals surface area contributed by atoms with Crippen LogP contribution < -0.4 is 10.1 Å². The number of hydrogen-bond acceptors (Lipinski definition) is 4. The Morgan fingerprint density at radius 3 is 2.25 bits per heavy atom. The first-order valence-electron chi connectivity index (χ1n) is 5.84. The van der Waals surface area contributed by atoms with E-state index in [1.165, 1.54) is 19.2 Å². The van der Waals surface area contributed by atoms with Crippen molar-refractivity contribution in [3.8, 4) is 5.75 Å². The largest absolute Gasteiger partial charge is 0.494 e. The highest BCUT2D eigenvalue weighted by Crippen LogP contribution is 2.33. The number of amides is 1. The summed E-state index contributed by atoms with van der Waals surface area (Å²) in [6.45, 7) is 3.25. The zero-order valence-electron chi connectivity index (χ0n) is 11.3. The van der Waals surface area contributed by atoms with Gasteiger partial charge in [-0.15, -0.1) is 0 Å². The number of benzene rings is 1. The summed E-state index contributed by atoms with van der Waals surface area (Å²) in [6, 6.07) is 2.72. The maximum Gasteiger partial charge on any atom is 0.338 e. The molecule has 0 fully saturated rings. The van der Waals surface area contributed by atoms with E-state index >= 15 is 0 Å². The van der Waals surface area contributed by atoms with Gasteiger partial charge < -0.3 is 14.8 Å². The van der Waals surface area contributed by atoms with Gasteiger partial charge in [0.1, 0.15) is 0 Å². The van der Waals surface area contributed by atoms with Gasteiger partial charge in [0.15, 0.2) is 12.4 Å². The van der Waals surface area contributed by atoms with Crippen LogP contribution in [0.4, 0.5) is 0 Å². The minimum absolute atomic E-state index is 0.0222. The Morgan fingerprint density at radius 1 is 1.25 bits per heavy atom. The SMILES string of the molecule is COc1c(Cl)cc(C(=O)OCC(=O)NC(C)C)cc1Cl. The van der Waals surface area contributed by atoms with E-state index in [-0.39, 0.29) is 39.9 Å². The minimum Gasteiger partial charge on any atom is -0.494 e. The molecule has 20 heavy (non-hydrogen) atoms. The zero-order valence-corrected chi connectivity index (χ0v) is 12.8. The molecule has 5 nitrogen and oxygen atoms in total. The predicted octanol–water partition coefficient (Wildman–Crippen LogP) is 2.68. The summed E-state index contributed by atoms with van der Waals surface area (Å²) < 4.78 is 9.84. The van der Waals surface area contributed by atoms with E-state index in [9.17, 15) is 9.59 Å². The van der Waals surface area contributed by atoms with Crippen molar-refractivity contribution in [1.29, 1.82) is 0 Å². The molecule has 1 aromatic rings. The van der Waals surface area contributed by atoms with Gasteiger partial charge in [0.05, 0.1) is 22.7 Å². The van der Waals surface area contributed by atoms with E-state index < -0.39 is 5.97 Å². The van der Waals surface area contributed by atoms with E-state index in [0.717, 1.165) is 0 Å². The molecule has 0 aliphatic heterocycles. The Bertz CT molecular complexity index is 494. The molecule has 0 atom stereocenters. The number of halogens is 2. The fourth-order valence-corrected chi connectivity index (χ4v) is 2.09. The standard InChI is InChI=1S/C13H15Cl2NO4/c1-7(2)16-11(17)6-20-13(18)8-4-9(14)12(19-3)10(15)5-8/h4-5,7H,6H2,1-3H3,(H,16,17). The molecule has 0 spiro atoms. The lowest BCUT2D eigenvalue weighted by Gasteiger charge is -2.10. The van der Waals surface area contributed by atoms with Crippen LogP contribution in [-0.2, 0) is 9.53 Å². The summed E-state index contributed by atoms with van der Waals surface area (Å²) in [5.41, 5.74) is 0.151. The van der Waals surface area contributed by atoms with Crippen LogP contribution in [0, 0.1) is 0 Å². The minimum atomic E-state index is -0.685. The molecule has 1 amide bonds. The summed E-state index contributed by atoms with van der Waals surface area (Å²) in [5.74, 6) is -0.781. The van der Waals surface area contributed by atoms with Crippen LogP contribution in [-0.4, -0.2) is 31.6 Å².